The first kappa shape index (κ1) is 22.6. The Balaban J connectivity index is 1.39. The zero-order valence-electron chi connectivity index (χ0n) is 17.7. The molecule has 0 aromatic heterocycles. The Morgan fingerprint density at radius 2 is 1.53 bits per heavy atom. The van der Waals surface area contributed by atoms with Gasteiger partial charge in [0, 0.05) is 0 Å². The Labute approximate surface area is 186 Å². The van der Waals surface area contributed by atoms with E-state index < -0.39 is 11.9 Å². The lowest BCUT2D eigenvalue weighted by molar-refractivity contribution is -0.123. The van der Waals surface area contributed by atoms with Crippen molar-refractivity contribution in [1.29, 1.82) is 0 Å². The summed E-state index contributed by atoms with van der Waals surface area (Å²) in [6.07, 6.45) is 1.53. The summed E-state index contributed by atoms with van der Waals surface area (Å²) in [5.41, 5.74) is 4.74. The third kappa shape index (κ3) is 7.28. The molecular formula is C25H24N2O5. The van der Waals surface area contributed by atoms with Crippen LogP contribution in [0, 0.1) is 0 Å². The number of hydrogen-bond donors (Lipinski definition) is 1. The average molecular weight is 432 g/mol. The predicted octanol–water partition coefficient (Wildman–Crippen LogP) is 3.97. The number of amides is 1. The lowest BCUT2D eigenvalue weighted by Crippen LogP contribution is -2.24. The van der Waals surface area contributed by atoms with Crippen LogP contribution in [0.4, 0.5) is 0 Å². The van der Waals surface area contributed by atoms with E-state index >= 15 is 0 Å². The van der Waals surface area contributed by atoms with E-state index in [1.54, 1.807) is 31.2 Å². The molecule has 0 radical (unpaired) electrons. The molecule has 0 saturated carbocycles. The summed E-state index contributed by atoms with van der Waals surface area (Å²) >= 11 is 0. The predicted molar refractivity (Wildman–Crippen MR) is 121 cm³/mol. The fraction of sp³-hybridized carbons (Fsp3) is 0.160. The topological polar surface area (TPSA) is 86.2 Å². The highest BCUT2D eigenvalue weighted by Crippen LogP contribution is 2.14. The largest absolute Gasteiger partial charge is 0.489 e. The molecule has 0 aliphatic rings. The van der Waals surface area contributed by atoms with E-state index in [-0.39, 0.29) is 6.61 Å². The number of nitrogens with one attached hydrogen (secondary N) is 1. The number of carbonyl (C=O) groups excluding carboxylic acids is 2. The molecule has 3 aromatic carbocycles. The van der Waals surface area contributed by atoms with E-state index in [0.717, 1.165) is 16.9 Å². The third-order valence-electron chi connectivity index (χ3n) is 4.27. The second kappa shape index (κ2) is 11.9. The van der Waals surface area contributed by atoms with Crippen molar-refractivity contribution in [3.63, 3.8) is 0 Å². The third-order valence-corrected chi connectivity index (χ3v) is 4.27. The first-order chi connectivity index (χ1) is 15.6. The summed E-state index contributed by atoms with van der Waals surface area (Å²) < 4.78 is 16.0. The zero-order chi connectivity index (χ0) is 22.6. The van der Waals surface area contributed by atoms with Crippen molar-refractivity contribution < 1.29 is 23.8 Å². The van der Waals surface area contributed by atoms with Gasteiger partial charge in [-0.05, 0) is 66.6 Å². The van der Waals surface area contributed by atoms with Gasteiger partial charge in [-0.3, -0.25) is 4.79 Å². The molecule has 7 heteroatoms. The zero-order valence-corrected chi connectivity index (χ0v) is 17.7. The molecule has 7 nitrogen and oxygen atoms in total. The van der Waals surface area contributed by atoms with Crippen molar-refractivity contribution >= 4 is 18.1 Å². The van der Waals surface area contributed by atoms with Crippen molar-refractivity contribution in [3.8, 4) is 11.5 Å². The van der Waals surface area contributed by atoms with Gasteiger partial charge in [0.25, 0.3) is 5.91 Å². The standard InChI is InChI=1S/C25H24N2O5/c1-2-30-25(29)21-10-14-23(15-11-21)32-18-24(28)27-26-16-19-8-12-22(13-9-19)31-17-20-6-4-3-5-7-20/h3-16H,2,17-18H2,1H3,(H,27,28). The fourth-order valence-electron chi connectivity index (χ4n) is 2.65. The smallest absolute Gasteiger partial charge is 0.338 e. The van der Waals surface area contributed by atoms with Gasteiger partial charge in [0.15, 0.2) is 6.61 Å². The molecule has 3 aromatic rings. The molecule has 0 aliphatic carbocycles. The van der Waals surface area contributed by atoms with E-state index in [9.17, 15) is 9.59 Å². The molecule has 0 spiro atoms. The monoisotopic (exact) mass is 432 g/mol. The molecule has 164 valence electrons. The molecular weight excluding hydrogens is 408 g/mol. The lowest BCUT2D eigenvalue weighted by atomic mass is 10.2. The van der Waals surface area contributed by atoms with E-state index in [0.29, 0.717) is 24.5 Å². The van der Waals surface area contributed by atoms with Crippen molar-refractivity contribution in [2.45, 2.75) is 13.5 Å². The van der Waals surface area contributed by atoms with E-state index in [2.05, 4.69) is 10.5 Å². The van der Waals surface area contributed by atoms with Crippen LogP contribution in [0.15, 0.2) is 84.0 Å². The Morgan fingerprint density at radius 1 is 0.875 bits per heavy atom. The molecule has 1 N–H and O–H groups in total. The molecule has 32 heavy (non-hydrogen) atoms. The minimum Gasteiger partial charge on any atom is -0.489 e. The molecule has 3 rings (SSSR count). The molecule has 0 unspecified atom stereocenters. The summed E-state index contributed by atoms with van der Waals surface area (Å²) in [4.78, 5) is 23.5. The van der Waals surface area contributed by atoms with Crippen LogP contribution in [0.5, 0.6) is 11.5 Å². The van der Waals surface area contributed by atoms with Gasteiger partial charge in [0.2, 0.25) is 0 Å². The first-order valence-corrected chi connectivity index (χ1v) is 10.1. The van der Waals surface area contributed by atoms with Gasteiger partial charge >= 0.3 is 5.97 Å². The maximum atomic E-state index is 11.9. The fourth-order valence-corrected chi connectivity index (χ4v) is 2.65. The van der Waals surface area contributed by atoms with Crippen molar-refractivity contribution in [3.05, 3.63) is 95.6 Å². The Morgan fingerprint density at radius 3 is 2.22 bits per heavy atom. The number of ether oxygens (including phenoxy) is 3. The highest BCUT2D eigenvalue weighted by atomic mass is 16.5. The molecule has 0 bridgehead atoms. The number of benzene rings is 3. The molecule has 0 fully saturated rings. The lowest BCUT2D eigenvalue weighted by Gasteiger charge is -2.07. The maximum Gasteiger partial charge on any atom is 0.338 e. The number of esters is 1. The van der Waals surface area contributed by atoms with E-state index in [4.69, 9.17) is 14.2 Å². The summed E-state index contributed by atoms with van der Waals surface area (Å²) in [6.45, 7) is 2.34. The summed E-state index contributed by atoms with van der Waals surface area (Å²) in [6, 6.07) is 23.7. The second-order valence-electron chi connectivity index (χ2n) is 6.67. The average Bonchev–Trinajstić information content (AvgIpc) is 2.83. The van der Waals surface area contributed by atoms with Crippen LogP contribution < -0.4 is 14.9 Å². The highest BCUT2D eigenvalue weighted by Gasteiger charge is 2.07. The number of hydrazone groups is 1. The van der Waals surface area contributed by atoms with Crippen LogP contribution in [0.3, 0.4) is 0 Å². The Bertz CT molecular complexity index is 1030. The van der Waals surface area contributed by atoms with Crippen molar-refractivity contribution in [2.75, 3.05) is 13.2 Å². The van der Waals surface area contributed by atoms with Gasteiger partial charge in [0.05, 0.1) is 18.4 Å². The number of nitrogens with zero attached hydrogens (tertiary/aromatic N) is 1. The minimum atomic E-state index is -0.404. The number of rotatable bonds is 10. The van der Waals surface area contributed by atoms with Gasteiger partial charge in [-0.15, -0.1) is 0 Å². The first-order valence-electron chi connectivity index (χ1n) is 10.1. The number of hydrogen-bond acceptors (Lipinski definition) is 6. The second-order valence-corrected chi connectivity index (χ2v) is 6.67. The van der Waals surface area contributed by atoms with Gasteiger partial charge in [-0.2, -0.15) is 5.10 Å². The van der Waals surface area contributed by atoms with Gasteiger partial charge < -0.3 is 14.2 Å². The van der Waals surface area contributed by atoms with E-state index in [1.807, 2.05) is 54.6 Å². The molecule has 0 atom stereocenters. The van der Waals surface area contributed by atoms with Crippen molar-refractivity contribution in [2.24, 2.45) is 5.10 Å². The van der Waals surface area contributed by atoms with Crippen LogP contribution >= 0.6 is 0 Å². The van der Waals surface area contributed by atoms with Crippen LogP contribution in [-0.2, 0) is 16.1 Å². The van der Waals surface area contributed by atoms with E-state index in [1.165, 1.54) is 6.21 Å². The minimum absolute atomic E-state index is 0.206. The summed E-state index contributed by atoms with van der Waals surface area (Å²) in [5, 5.41) is 3.93. The Hall–Kier alpha value is -4.13. The van der Waals surface area contributed by atoms with Gasteiger partial charge in [0.1, 0.15) is 18.1 Å². The molecule has 0 aliphatic heterocycles. The van der Waals surface area contributed by atoms with Gasteiger partial charge in [-0.25, -0.2) is 10.2 Å². The number of carbonyl (C=O) groups is 2. The quantitative estimate of drug-likeness (QED) is 0.298. The van der Waals surface area contributed by atoms with Crippen molar-refractivity contribution in [1.82, 2.24) is 5.43 Å². The molecule has 0 saturated heterocycles. The van der Waals surface area contributed by atoms with Crippen LogP contribution in [-0.4, -0.2) is 31.3 Å². The summed E-state index contributed by atoms with van der Waals surface area (Å²) in [5.74, 6) is 0.404. The van der Waals surface area contributed by atoms with Crippen LogP contribution in [0.25, 0.3) is 0 Å². The molecule has 1 amide bonds. The normalized spacial score (nSPS) is 10.5. The van der Waals surface area contributed by atoms with Gasteiger partial charge in [-0.1, -0.05) is 30.3 Å². The van der Waals surface area contributed by atoms with Crippen LogP contribution in [0.1, 0.15) is 28.4 Å². The van der Waals surface area contributed by atoms with Crippen LogP contribution in [0.2, 0.25) is 0 Å². The molecule has 0 heterocycles. The maximum absolute atomic E-state index is 11.9. The Kier molecular flexibility index (Phi) is 8.39. The summed E-state index contributed by atoms with van der Waals surface area (Å²) in [7, 11) is 0. The SMILES string of the molecule is CCOC(=O)c1ccc(OCC(=O)NN=Cc2ccc(OCc3ccccc3)cc2)cc1. The highest BCUT2D eigenvalue weighted by molar-refractivity contribution is 5.89.